The minimum atomic E-state index is 0.709. The summed E-state index contributed by atoms with van der Waals surface area (Å²) in [6.07, 6.45) is 5.50. The van der Waals surface area contributed by atoms with Gasteiger partial charge in [-0.2, -0.15) is 0 Å². The molecule has 0 aliphatic carbocycles. The van der Waals surface area contributed by atoms with Crippen LogP contribution in [0.25, 0.3) is 0 Å². The van der Waals surface area contributed by atoms with Crippen molar-refractivity contribution < 1.29 is 0 Å². The summed E-state index contributed by atoms with van der Waals surface area (Å²) in [4.78, 5) is 0. The molecule has 0 amide bonds. The summed E-state index contributed by atoms with van der Waals surface area (Å²) in [5.74, 6) is 0.709. The third-order valence-electron chi connectivity index (χ3n) is 1.99. The highest BCUT2D eigenvalue weighted by Crippen LogP contribution is 2.20. The van der Waals surface area contributed by atoms with E-state index in [9.17, 15) is 0 Å². The fraction of sp³-hybridized carbons (Fsp3) is 0.647. The third kappa shape index (κ3) is 15.2. The Bertz CT molecular complexity index is 226. The van der Waals surface area contributed by atoms with Gasteiger partial charge in [-0.15, -0.1) is 0 Å². The molecule has 0 aromatic heterocycles. The topological polar surface area (TPSA) is 0 Å². The van der Waals surface area contributed by atoms with Gasteiger partial charge in [0.25, 0.3) is 0 Å². The van der Waals surface area contributed by atoms with E-state index < -0.39 is 0 Å². The average molecular weight is 238 g/mol. The molecule has 0 nitrogen and oxygen atoms in total. The van der Waals surface area contributed by atoms with Crippen molar-refractivity contribution >= 4 is 0 Å². The Morgan fingerprint density at radius 2 is 1.47 bits per heavy atom. The summed E-state index contributed by atoms with van der Waals surface area (Å²) in [5.41, 5.74) is 3.93. The van der Waals surface area contributed by atoms with Gasteiger partial charge in [0.05, 0.1) is 0 Å². The van der Waals surface area contributed by atoms with E-state index in [2.05, 4.69) is 46.4 Å². The maximum absolute atomic E-state index is 3.92. The second-order valence-corrected chi connectivity index (χ2v) is 4.09. The van der Waals surface area contributed by atoms with Gasteiger partial charge >= 0.3 is 0 Å². The normalized spacial score (nSPS) is 11.2. The van der Waals surface area contributed by atoms with Crippen molar-refractivity contribution in [3.63, 3.8) is 0 Å². The second kappa shape index (κ2) is 15.2. The van der Waals surface area contributed by atoms with E-state index in [-0.39, 0.29) is 0 Å². The molecule has 0 rings (SSSR count). The number of allylic oxidation sites excluding steroid dienone is 5. The summed E-state index contributed by atoms with van der Waals surface area (Å²) >= 11 is 0. The van der Waals surface area contributed by atoms with Crippen LogP contribution in [0, 0.1) is 5.92 Å². The van der Waals surface area contributed by atoms with Gasteiger partial charge in [0, 0.05) is 0 Å². The van der Waals surface area contributed by atoms with Crippen LogP contribution in [0.5, 0.6) is 0 Å². The van der Waals surface area contributed by atoms with Crippen LogP contribution in [0.15, 0.2) is 35.5 Å². The summed E-state index contributed by atoms with van der Waals surface area (Å²) in [7, 11) is 0. The molecule has 0 aromatic rings. The van der Waals surface area contributed by atoms with Gasteiger partial charge in [0.1, 0.15) is 0 Å². The molecule has 0 heteroatoms. The molecule has 0 saturated heterocycles. The first-order valence-corrected chi connectivity index (χ1v) is 6.96. The van der Waals surface area contributed by atoms with Gasteiger partial charge in [-0.25, -0.2) is 0 Å². The van der Waals surface area contributed by atoms with Crippen LogP contribution < -0.4 is 0 Å². The highest BCUT2D eigenvalue weighted by atomic mass is 14.1. The standard InChI is InChI=1S/C13H22.2C2H6/c1-7-12(6)13(8-10(2)3)9-11(4)5;2*1-2/h7-8,11H,2,9H2,1,3-6H3;2*1-2H3/b12-7-,13-8-;;. The molecule has 0 N–H and O–H groups in total. The monoisotopic (exact) mass is 238 g/mol. The third-order valence-corrected chi connectivity index (χ3v) is 1.99. The van der Waals surface area contributed by atoms with Crippen LogP contribution in [0.2, 0.25) is 0 Å². The predicted molar refractivity (Wildman–Crippen MR) is 84.5 cm³/mol. The SMILES string of the molecule is C=C(C)/C=C(CC(C)C)\C(C)=C/C.CC.CC. The van der Waals surface area contributed by atoms with Crippen molar-refractivity contribution in [2.75, 3.05) is 0 Å². The van der Waals surface area contributed by atoms with E-state index in [4.69, 9.17) is 0 Å². The van der Waals surface area contributed by atoms with Crippen molar-refractivity contribution in [2.45, 2.75) is 68.7 Å². The summed E-state index contributed by atoms with van der Waals surface area (Å²) in [5, 5.41) is 0. The molecule has 17 heavy (non-hydrogen) atoms. The lowest BCUT2D eigenvalue weighted by molar-refractivity contribution is 0.645. The number of hydrogen-bond donors (Lipinski definition) is 0. The Hall–Kier alpha value is -0.780. The van der Waals surface area contributed by atoms with Crippen molar-refractivity contribution in [3.8, 4) is 0 Å². The lowest BCUT2D eigenvalue weighted by atomic mass is 9.95. The molecule has 0 fully saturated rings. The Labute approximate surface area is 111 Å². The summed E-state index contributed by atoms with van der Waals surface area (Å²) in [6.45, 7) is 22.7. The van der Waals surface area contributed by atoms with E-state index in [1.165, 1.54) is 11.1 Å². The van der Waals surface area contributed by atoms with E-state index in [1.54, 1.807) is 0 Å². The molecule has 0 unspecified atom stereocenters. The van der Waals surface area contributed by atoms with Crippen molar-refractivity contribution in [2.24, 2.45) is 5.92 Å². The highest BCUT2D eigenvalue weighted by Gasteiger charge is 2.02. The van der Waals surface area contributed by atoms with E-state index in [1.807, 2.05) is 34.6 Å². The average Bonchev–Trinajstić information content (AvgIpc) is 2.31. The first-order valence-electron chi connectivity index (χ1n) is 6.96. The largest absolute Gasteiger partial charge is 0.0961 e. The molecule has 0 bridgehead atoms. The molecule has 0 aliphatic rings. The quantitative estimate of drug-likeness (QED) is 0.487. The first-order chi connectivity index (χ1) is 7.97. The smallest absolute Gasteiger partial charge is 0.0253 e. The van der Waals surface area contributed by atoms with Crippen LogP contribution in [-0.4, -0.2) is 0 Å². The van der Waals surface area contributed by atoms with Crippen LogP contribution >= 0.6 is 0 Å². The second-order valence-electron chi connectivity index (χ2n) is 4.09. The zero-order chi connectivity index (χ0) is 14.4. The molecule has 0 saturated carbocycles. The van der Waals surface area contributed by atoms with E-state index in [0.29, 0.717) is 5.92 Å². The summed E-state index contributed by atoms with van der Waals surface area (Å²) < 4.78 is 0. The fourth-order valence-corrected chi connectivity index (χ4v) is 1.26. The first kappa shape index (κ1) is 21.5. The molecule has 0 atom stereocenters. The van der Waals surface area contributed by atoms with E-state index >= 15 is 0 Å². The molecular weight excluding hydrogens is 204 g/mol. The molecule has 0 radical (unpaired) electrons. The number of hydrogen-bond acceptors (Lipinski definition) is 0. The van der Waals surface area contributed by atoms with Crippen molar-refractivity contribution in [3.05, 3.63) is 35.5 Å². The van der Waals surface area contributed by atoms with Crippen LogP contribution in [-0.2, 0) is 0 Å². The lowest BCUT2D eigenvalue weighted by Gasteiger charge is -2.10. The molecule has 0 heterocycles. The minimum Gasteiger partial charge on any atom is -0.0961 e. The molecule has 0 aliphatic heterocycles. The zero-order valence-electron chi connectivity index (χ0n) is 13.6. The molecule has 0 spiro atoms. The van der Waals surface area contributed by atoms with E-state index in [0.717, 1.165) is 12.0 Å². The van der Waals surface area contributed by atoms with Gasteiger partial charge in [0.2, 0.25) is 0 Å². The molecule has 102 valence electrons. The van der Waals surface area contributed by atoms with Crippen LogP contribution in [0.3, 0.4) is 0 Å². The Balaban J connectivity index is -0.000000439. The van der Waals surface area contributed by atoms with Gasteiger partial charge in [-0.05, 0) is 38.7 Å². The van der Waals surface area contributed by atoms with Crippen LogP contribution in [0.4, 0.5) is 0 Å². The summed E-state index contributed by atoms with van der Waals surface area (Å²) in [6, 6.07) is 0. The Morgan fingerprint density at radius 1 is 1.06 bits per heavy atom. The van der Waals surface area contributed by atoms with Crippen molar-refractivity contribution in [1.82, 2.24) is 0 Å². The van der Waals surface area contributed by atoms with Gasteiger partial charge < -0.3 is 0 Å². The molecule has 0 aromatic carbocycles. The Kier molecular flexibility index (Phi) is 19.2. The lowest BCUT2D eigenvalue weighted by Crippen LogP contribution is -1.93. The fourth-order valence-electron chi connectivity index (χ4n) is 1.26. The minimum absolute atomic E-state index is 0.709. The Morgan fingerprint density at radius 3 is 1.71 bits per heavy atom. The zero-order valence-corrected chi connectivity index (χ0v) is 13.6. The highest BCUT2D eigenvalue weighted by molar-refractivity contribution is 5.34. The van der Waals surface area contributed by atoms with Gasteiger partial charge in [-0.1, -0.05) is 71.4 Å². The van der Waals surface area contributed by atoms with Gasteiger partial charge in [0.15, 0.2) is 0 Å². The number of rotatable bonds is 4. The van der Waals surface area contributed by atoms with Gasteiger partial charge in [-0.3, -0.25) is 0 Å². The van der Waals surface area contributed by atoms with Crippen molar-refractivity contribution in [1.29, 1.82) is 0 Å². The maximum Gasteiger partial charge on any atom is -0.0253 e. The predicted octanol–water partition coefficient (Wildman–Crippen LogP) is 6.55. The maximum atomic E-state index is 3.92. The van der Waals surface area contributed by atoms with Crippen LogP contribution in [0.1, 0.15) is 68.7 Å². The molecular formula is C17H34.